The van der Waals surface area contributed by atoms with E-state index in [0.29, 0.717) is 25.7 Å². The van der Waals surface area contributed by atoms with Gasteiger partial charge in [0.05, 0.1) is 12.2 Å². The number of aliphatic hydroxyl groups is 2. The van der Waals surface area contributed by atoms with Gasteiger partial charge in [0.25, 0.3) is 0 Å². The fourth-order valence-corrected chi connectivity index (χ4v) is 3.62. The lowest BCUT2D eigenvalue weighted by Crippen LogP contribution is -2.30. The number of phenolic OH excluding ortho intramolecular Hbond substituents is 4. The van der Waals surface area contributed by atoms with E-state index in [1.807, 2.05) is 0 Å². The third-order valence-corrected chi connectivity index (χ3v) is 5.23. The molecule has 0 aliphatic heterocycles. The van der Waals surface area contributed by atoms with Crippen LogP contribution in [0.5, 0.6) is 23.0 Å². The van der Waals surface area contributed by atoms with E-state index in [-0.39, 0.29) is 34.8 Å². The molecule has 0 saturated heterocycles. The van der Waals surface area contributed by atoms with Gasteiger partial charge in [0.15, 0.2) is 23.0 Å². The van der Waals surface area contributed by atoms with E-state index >= 15 is 0 Å². The molecule has 6 N–H and O–H groups in total. The first-order chi connectivity index (χ1) is 13.2. The van der Waals surface area contributed by atoms with Gasteiger partial charge in [-0.05, 0) is 86.8 Å². The zero-order chi connectivity index (χ0) is 20.8. The molecule has 0 amide bonds. The van der Waals surface area contributed by atoms with Crippen molar-refractivity contribution in [3.8, 4) is 23.0 Å². The van der Waals surface area contributed by atoms with Crippen LogP contribution < -0.4 is 0 Å². The molecule has 0 aliphatic rings. The van der Waals surface area contributed by atoms with Gasteiger partial charge in [0, 0.05) is 0 Å². The summed E-state index contributed by atoms with van der Waals surface area (Å²) in [5.74, 6) is -0.943. The van der Waals surface area contributed by atoms with Crippen molar-refractivity contribution in [2.24, 2.45) is 11.8 Å². The molecule has 2 aromatic rings. The molecule has 2 aromatic carbocycles. The Hall–Kier alpha value is -2.44. The average Bonchev–Trinajstić information content (AvgIpc) is 2.62. The van der Waals surface area contributed by atoms with Gasteiger partial charge in [-0.1, -0.05) is 12.1 Å². The van der Waals surface area contributed by atoms with Crippen LogP contribution in [0.25, 0.3) is 0 Å². The minimum absolute atomic E-state index is 0.00510. The number of aliphatic hydroxyl groups excluding tert-OH is 2. The zero-order valence-corrected chi connectivity index (χ0v) is 16.3. The van der Waals surface area contributed by atoms with E-state index in [9.17, 15) is 30.6 Å². The Balaban J connectivity index is 2.27. The summed E-state index contributed by atoms with van der Waals surface area (Å²) < 4.78 is 0. The largest absolute Gasteiger partial charge is 0.504 e. The van der Waals surface area contributed by atoms with Gasteiger partial charge in [-0.3, -0.25) is 0 Å². The van der Waals surface area contributed by atoms with Crippen molar-refractivity contribution in [2.75, 3.05) is 0 Å². The smallest absolute Gasteiger partial charge is 0.157 e. The second-order valence-corrected chi connectivity index (χ2v) is 7.65. The quantitative estimate of drug-likeness (QED) is 0.366. The Kier molecular flexibility index (Phi) is 7.54. The molecule has 0 radical (unpaired) electrons. The second kappa shape index (κ2) is 9.66. The highest BCUT2D eigenvalue weighted by atomic mass is 16.3. The Morgan fingerprint density at radius 3 is 1.61 bits per heavy atom. The first-order valence-electron chi connectivity index (χ1n) is 9.55. The van der Waals surface area contributed by atoms with Crippen LogP contribution in [0.15, 0.2) is 36.4 Å². The summed E-state index contributed by atoms with van der Waals surface area (Å²) in [7, 11) is 0. The third-order valence-electron chi connectivity index (χ3n) is 5.23. The number of benzene rings is 2. The van der Waals surface area contributed by atoms with Crippen LogP contribution in [0.1, 0.15) is 37.8 Å². The van der Waals surface area contributed by atoms with Gasteiger partial charge in [0.1, 0.15) is 0 Å². The lowest BCUT2D eigenvalue weighted by Gasteiger charge is -2.30. The topological polar surface area (TPSA) is 121 Å². The SMILES string of the molecule is C[C@@H](O)CC[C@@H](Cc1ccc(O)c(O)c1)[C@H](Cc1ccc(O)c(O)c1)[C@@H](C)O. The highest BCUT2D eigenvalue weighted by Crippen LogP contribution is 2.33. The summed E-state index contributed by atoms with van der Waals surface area (Å²) >= 11 is 0. The minimum Gasteiger partial charge on any atom is -0.504 e. The molecule has 0 aromatic heterocycles. The Morgan fingerprint density at radius 1 is 0.679 bits per heavy atom. The van der Waals surface area contributed by atoms with E-state index in [4.69, 9.17) is 0 Å². The third kappa shape index (κ3) is 6.04. The molecule has 0 aliphatic carbocycles. The molecular weight excluding hydrogens is 360 g/mol. The molecule has 0 saturated carbocycles. The van der Waals surface area contributed by atoms with Crippen molar-refractivity contribution in [3.05, 3.63) is 47.5 Å². The fourth-order valence-electron chi connectivity index (χ4n) is 3.62. The van der Waals surface area contributed by atoms with E-state index in [2.05, 4.69) is 0 Å². The molecule has 0 spiro atoms. The second-order valence-electron chi connectivity index (χ2n) is 7.65. The van der Waals surface area contributed by atoms with Crippen LogP contribution in [-0.4, -0.2) is 42.8 Å². The number of phenols is 4. The van der Waals surface area contributed by atoms with E-state index in [1.165, 1.54) is 24.3 Å². The monoisotopic (exact) mass is 390 g/mol. The van der Waals surface area contributed by atoms with Crippen LogP contribution in [-0.2, 0) is 12.8 Å². The number of aromatic hydroxyl groups is 4. The first-order valence-corrected chi connectivity index (χ1v) is 9.55. The van der Waals surface area contributed by atoms with E-state index < -0.39 is 12.2 Å². The summed E-state index contributed by atoms with van der Waals surface area (Å²) in [5, 5.41) is 58.8. The lowest BCUT2D eigenvalue weighted by atomic mass is 9.77. The summed E-state index contributed by atoms with van der Waals surface area (Å²) in [5.41, 5.74) is 1.61. The van der Waals surface area contributed by atoms with Crippen molar-refractivity contribution in [1.29, 1.82) is 0 Å². The van der Waals surface area contributed by atoms with Gasteiger partial charge in [-0.25, -0.2) is 0 Å². The van der Waals surface area contributed by atoms with E-state index in [1.54, 1.807) is 26.0 Å². The molecule has 2 rings (SSSR count). The Bertz CT molecular complexity index is 772. The van der Waals surface area contributed by atoms with Crippen molar-refractivity contribution in [3.63, 3.8) is 0 Å². The molecule has 6 nitrogen and oxygen atoms in total. The normalized spacial score (nSPS) is 15.7. The number of rotatable bonds is 9. The number of hydrogen-bond acceptors (Lipinski definition) is 6. The average molecular weight is 390 g/mol. The van der Waals surface area contributed by atoms with Crippen LogP contribution in [0.2, 0.25) is 0 Å². The predicted octanol–water partition coefficient (Wildman–Crippen LogP) is 3.07. The molecule has 154 valence electrons. The molecular formula is C22H30O6. The standard InChI is InChI=1S/C22H30O6/c1-13(23)3-6-17(9-15-4-7-19(25)21(27)11-15)18(14(2)24)10-16-5-8-20(26)22(28)12-16/h4-5,7-8,11-14,17-18,23-28H,3,6,9-10H2,1-2H3/t13-,14-,17+,18-/m1/s1. The Labute approximate surface area is 165 Å². The highest BCUT2D eigenvalue weighted by molar-refractivity contribution is 5.41. The summed E-state index contributed by atoms with van der Waals surface area (Å²) in [6, 6.07) is 9.30. The van der Waals surface area contributed by atoms with Crippen molar-refractivity contribution < 1.29 is 30.6 Å². The molecule has 0 bridgehead atoms. The van der Waals surface area contributed by atoms with Gasteiger partial charge in [0.2, 0.25) is 0 Å². The lowest BCUT2D eigenvalue weighted by molar-refractivity contribution is 0.0751. The molecule has 0 heterocycles. The van der Waals surface area contributed by atoms with Crippen LogP contribution in [0, 0.1) is 11.8 Å². The predicted molar refractivity (Wildman–Crippen MR) is 107 cm³/mol. The first kappa shape index (κ1) is 21.9. The van der Waals surface area contributed by atoms with Crippen LogP contribution in [0.3, 0.4) is 0 Å². The van der Waals surface area contributed by atoms with E-state index in [0.717, 1.165) is 11.1 Å². The maximum absolute atomic E-state index is 10.4. The fraction of sp³-hybridized carbons (Fsp3) is 0.455. The van der Waals surface area contributed by atoms with Gasteiger partial charge >= 0.3 is 0 Å². The van der Waals surface area contributed by atoms with Gasteiger partial charge < -0.3 is 30.6 Å². The zero-order valence-electron chi connectivity index (χ0n) is 16.3. The van der Waals surface area contributed by atoms with Crippen LogP contribution in [0.4, 0.5) is 0 Å². The molecule has 0 unspecified atom stereocenters. The highest BCUT2D eigenvalue weighted by Gasteiger charge is 2.27. The van der Waals surface area contributed by atoms with Crippen LogP contribution >= 0.6 is 0 Å². The molecule has 28 heavy (non-hydrogen) atoms. The van der Waals surface area contributed by atoms with Crippen molar-refractivity contribution in [2.45, 2.75) is 51.7 Å². The van der Waals surface area contributed by atoms with Crippen molar-refractivity contribution in [1.82, 2.24) is 0 Å². The number of hydrogen-bond donors (Lipinski definition) is 6. The molecule has 6 heteroatoms. The molecule has 0 fully saturated rings. The maximum atomic E-state index is 10.4. The van der Waals surface area contributed by atoms with Gasteiger partial charge in [-0.2, -0.15) is 0 Å². The maximum Gasteiger partial charge on any atom is 0.157 e. The Morgan fingerprint density at radius 2 is 1.18 bits per heavy atom. The summed E-state index contributed by atoms with van der Waals surface area (Å²) in [6.45, 7) is 3.44. The summed E-state index contributed by atoms with van der Waals surface area (Å²) in [4.78, 5) is 0. The van der Waals surface area contributed by atoms with Crippen molar-refractivity contribution >= 4 is 0 Å². The summed E-state index contributed by atoms with van der Waals surface area (Å²) in [6.07, 6.45) is 1.17. The molecule has 4 atom stereocenters. The van der Waals surface area contributed by atoms with Gasteiger partial charge in [-0.15, -0.1) is 0 Å². The minimum atomic E-state index is -0.638.